The second-order valence-electron chi connectivity index (χ2n) is 6.78. The first-order chi connectivity index (χ1) is 15.6. The Hall–Kier alpha value is -2.52. The van der Waals surface area contributed by atoms with Crippen molar-refractivity contribution in [1.82, 2.24) is 4.90 Å². The van der Waals surface area contributed by atoms with E-state index in [0.29, 0.717) is 22.9 Å². The molecule has 0 unspecified atom stereocenters. The molecule has 1 aliphatic heterocycles. The van der Waals surface area contributed by atoms with E-state index in [0.717, 1.165) is 0 Å². The van der Waals surface area contributed by atoms with E-state index in [1.165, 1.54) is 6.92 Å². The van der Waals surface area contributed by atoms with Gasteiger partial charge in [-0.15, -0.1) is 0 Å². The molecular weight excluding hydrogens is 518 g/mol. The summed E-state index contributed by atoms with van der Waals surface area (Å²) in [5.74, 6) is -2.74. The molecule has 0 fully saturated rings. The summed E-state index contributed by atoms with van der Waals surface area (Å²) >= 11 is 24.1. The second-order valence-corrected chi connectivity index (χ2v) is 8.29. The molecule has 1 aliphatic rings. The Morgan fingerprint density at radius 3 is 1.94 bits per heavy atom. The zero-order valence-corrected chi connectivity index (χ0v) is 20.2. The number of hydrogen-bond acceptors (Lipinski definition) is 6. The molecule has 0 saturated heterocycles. The molecule has 2 aromatic carbocycles. The van der Waals surface area contributed by atoms with Gasteiger partial charge in [-0.25, -0.2) is 4.79 Å². The molecule has 2 aromatic rings. The zero-order chi connectivity index (χ0) is 24.4. The number of anilines is 1. The number of halogens is 4. The van der Waals surface area contributed by atoms with Crippen molar-refractivity contribution in [2.24, 2.45) is 0 Å². The number of fused-ring (bicyclic) bond motifs is 1. The molecule has 1 heterocycles. The van der Waals surface area contributed by atoms with Gasteiger partial charge < -0.3 is 14.8 Å². The van der Waals surface area contributed by atoms with Gasteiger partial charge in [-0.2, -0.15) is 0 Å². The molecule has 8 nitrogen and oxygen atoms in total. The predicted molar refractivity (Wildman–Crippen MR) is 124 cm³/mol. The lowest BCUT2D eigenvalue weighted by Crippen LogP contribution is -2.44. The van der Waals surface area contributed by atoms with Crippen molar-refractivity contribution >= 4 is 75.8 Å². The summed E-state index contributed by atoms with van der Waals surface area (Å²) in [6, 6.07) is 5.21. The number of carbonyl (C=O) groups excluding carboxylic acids is 4. The fourth-order valence-electron chi connectivity index (χ4n) is 3.08. The van der Waals surface area contributed by atoms with Gasteiger partial charge in [-0.3, -0.25) is 19.3 Å². The lowest BCUT2D eigenvalue weighted by molar-refractivity contribution is -0.150. The third kappa shape index (κ3) is 4.89. The van der Waals surface area contributed by atoms with E-state index in [1.807, 2.05) is 6.92 Å². The number of nitrogens with one attached hydrogen (secondary N) is 1. The molecule has 0 aromatic heterocycles. The summed E-state index contributed by atoms with van der Waals surface area (Å²) < 4.78 is 10.3. The van der Waals surface area contributed by atoms with E-state index in [1.54, 1.807) is 24.3 Å². The number of amides is 3. The van der Waals surface area contributed by atoms with Gasteiger partial charge in [-0.1, -0.05) is 46.4 Å². The number of benzene rings is 2. The van der Waals surface area contributed by atoms with E-state index in [-0.39, 0.29) is 31.2 Å². The third-order valence-corrected chi connectivity index (χ3v) is 6.46. The number of esters is 1. The Labute approximate surface area is 208 Å². The summed E-state index contributed by atoms with van der Waals surface area (Å²) in [4.78, 5) is 50.8. The smallest absolute Gasteiger partial charge is 0.329 e. The van der Waals surface area contributed by atoms with Crippen LogP contribution in [0.1, 0.15) is 34.6 Å². The van der Waals surface area contributed by atoms with Gasteiger partial charge in [0.15, 0.2) is 6.61 Å². The molecular formula is C21H16Cl4N2O6. The highest BCUT2D eigenvalue weighted by Crippen LogP contribution is 2.45. The zero-order valence-electron chi connectivity index (χ0n) is 17.2. The highest BCUT2D eigenvalue weighted by atomic mass is 35.5. The van der Waals surface area contributed by atoms with Crippen LogP contribution in [0.15, 0.2) is 24.3 Å². The SMILES string of the molecule is CCOc1ccc(NC(=O)COC(=O)[C@H](C)N2C(=O)c3c(Cl)c(Cl)c(Cl)c(Cl)c3C2=O)cc1. The number of rotatable bonds is 7. The van der Waals surface area contributed by atoms with Crippen LogP contribution in [0.4, 0.5) is 5.69 Å². The maximum Gasteiger partial charge on any atom is 0.329 e. The monoisotopic (exact) mass is 532 g/mol. The van der Waals surface area contributed by atoms with Gasteiger partial charge in [-0.05, 0) is 38.1 Å². The number of imide groups is 1. The Bertz CT molecular complexity index is 1110. The molecule has 0 spiro atoms. The summed E-state index contributed by atoms with van der Waals surface area (Å²) in [7, 11) is 0. The molecule has 33 heavy (non-hydrogen) atoms. The average Bonchev–Trinajstić information content (AvgIpc) is 3.05. The molecule has 1 N–H and O–H groups in total. The second kappa shape index (κ2) is 10.2. The van der Waals surface area contributed by atoms with Crippen LogP contribution in [0.2, 0.25) is 20.1 Å². The highest BCUT2D eigenvalue weighted by Gasteiger charge is 2.45. The molecule has 174 valence electrons. The fraction of sp³-hybridized carbons (Fsp3) is 0.238. The van der Waals surface area contributed by atoms with E-state index in [4.69, 9.17) is 55.9 Å². The molecule has 3 amide bonds. The Morgan fingerprint density at radius 1 is 0.939 bits per heavy atom. The van der Waals surface area contributed by atoms with E-state index in [9.17, 15) is 19.2 Å². The first kappa shape index (κ1) is 25.1. The summed E-state index contributed by atoms with van der Waals surface area (Å²) in [5.41, 5.74) is -0.0474. The minimum atomic E-state index is -1.37. The highest BCUT2D eigenvalue weighted by molar-refractivity contribution is 6.55. The van der Waals surface area contributed by atoms with Crippen molar-refractivity contribution < 1.29 is 28.7 Å². The van der Waals surface area contributed by atoms with Gasteiger partial charge in [0.2, 0.25) is 0 Å². The van der Waals surface area contributed by atoms with E-state index >= 15 is 0 Å². The minimum absolute atomic E-state index is 0.189. The minimum Gasteiger partial charge on any atom is -0.494 e. The normalized spacial score (nSPS) is 13.6. The van der Waals surface area contributed by atoms with Crippen molar-refractivity contribution in [2.75, 3.05) is 18.5 Å². The quantitative estimate of drug-likeness (QED) is 0.236. The molecule has 12 heteroatoms. The van der Waals surface area contributed by atoms with E-state index in [2.05, 4.69) is 5.32 Å². The standard InChI is InChI=1S/C21H16Cl4N2O6/c1-3-32-11-6-4-10(5-7-11)26-12(28)8-33-21(31)9(2)27-19(29)13-14(20(27)30)16(23)18(25)17(24)15(13)22/h4-7,9H,3,8H2,1-2H3,(H,26,28)/t9-/m0/s1. The molecule has 3 rings (SSSR count). The lowest BCUT2D eigenvalue weighted by atomic mass is 10.1. The van der Waals surface area contributed by atoms with Crippen LogP contribution in [0, 0.1) is 0 Å². The largest absolute Gasteiger partial charge is 0.494 e. The summed E-state index contributed by atoms with van der Waals surface area (Å²) in [6.45, 7) is 2.98. The third-order valence-electron chi connectivity index (χ3n) is 4.66. The number of ether oxygens (including phenoxy) is 2. The van der Waals surface area contributed by atoms with Crippen LogP contribution < -0.4 is 10.1 Å². The molecule has 0 bridgehead atoms. The van der Waals surface area contributed by atoms with Gasteiger partial charge in [0.05, 0.1) is 37.8 Å². The van der Waals surface area contributed by atoms with Crippen molar-refractivity contribution in [3.63, 3.8) is 0 Å². The van der Waals surface area contributed by atoms with Crippen LogP contribution >= 0.6 is 46.4 Å². The average molecular weight is 534 g/mol. The summed E-state index contributed by atoms with van der Waals surface area (Å²) in [6.07, 6.45) is 0. The molecule has 0 radical (unpaired) electrons. The first-order valence-electron chi connectivity index (χ1n) is 9.51. The first-order valence-corrected chi connectivity index (χ1v) is 11.0. The van der Waals surface area contributed by atoms with Crippen molar-refractivity contribution in [3.05, 3.63) is 55.5 Å². The summed E-state index contributed by atoms with van der Waals surface area (Å²) in [5, 5.41) is 1.67. The van der Waals surface area contributed by atoms with Crippen molar-refractivity contribution in [2.45, 2.75) is 19.9 Å². The van der Waals surface area contributed by atoms with Gasteiger partial charge in [0, 0.05) is 5.69 Å². The van der Waals surface area contributed by atoms with Gasteiger partial charge in [0.25, 0.3) is 17.7 Å². The van der Waals surface area contributed by atoms with Crippen molar-refractivity contribution in [1.29, 1.82) is 0 Å². The molecule has 0 aliphatic carbocycles. The van der Waals surface area contributed by atoms with Crippen LogP contribution in [-0.2, 0) is 14.3 Å². The Morgan fingerprint density at radius 2 is 1.45 bits per heavy atom. The predicted octanol–water partition coefficient (Wildman–Crippen LogP) is 4.87. The number of hydrogen-bond donors (Lipinski definition) is 1. The molecule has 1 atom stereocenters. The Balaban J connectivity index is 1.66. The number of nitrogens with zero attached hydrogens (tertiary/aromatic N) is 1. The van der Waals surface area contributed by atoms with Crippen LogP contribution in [0.3, 0.4) is 0 Å². The maximum absolute atomic E-state index is 12.8. The number of carbonyl (C=O) groups is 4. The van der Waals surface area contributed by atoms with Crippen LogP contribution in [0.25, 0.3) is 0 Å². The maximum atomic E-state index is 12.8. The van der Waals surface area contributed by atoms with Crippen molar-refractivity contribution in [3.8, 4) is 5.75 Å². The molecule has 0 saturated carbocycles. The Kier molecular flexibility index (Phi) is 7.74. The van der Waals surface area contributed by atoms with Gasteiger partial charge >= 0.3 is 5.97 Å². The lowest BCUT2D eigenvalue weighted by Gasteiger charge is -2.20. The van der Waals surface area contributed by atoms with Crippen LogP contribution in [0.5, 0.6) is 5.75 Å². The fourth-order valence-corrected chi connectivity index (χ4v) is 4.09. The van der Waals surface area contributed by atoms with E-state index < -0.39 is 36.3 Å². The van der Waals surface area contributed by atoms with Gasteiger partial charge in [0.1, 0.15) is 11.8 Å². The topological polar surface area (TPSA) is 102 Å². The van der Waals surface area contributed by atoms with Crippen LogP contribution in [-0.4, -0.2) is 47.8 Å².